The topological polar surface area (TPSA) is 50.8 Å². The lowest BCUT2D eigenvalue weighted by Gasteiger charge is -2.25. The quantitative estimate of drug-likeness (QED) is 0.660. The molecule has 0 aromatic heterocycles. The van der Waals surface area contributed by atoms with Crippen molar-refractivity contribution in [1.82, 2.24) is 10.2 Å². The number of hydrogen-bond acceptors (Lipinski definition) is 4. The molecule has 1 saturated heterocycles. The smallest absolute Gasteiger partial charge is 0.231 e. The number of carbonyl (C=O) groups excluding carboxylic acids is 1. The Labute approximate surface area is 174 Å². The minimum atomic E-state index is -0.210. The van der Waals surface area contributed by atoms with Gasteiger partial charge in [-0.15, -0.1) is 0 Å². The van der Waals surface area contributed by atoms with Gasteiger partial charge < -0.3 is 19.7 Å². The van der Waals surface area contributed by atoms with E-state index in [0.29, 0.717) is 48.0 Å². The maximum absolute atomic E-state index is 13.8. The standard InChI is InChI=1S/C22H24ClFN2O3/c23-18-12-21-20(28-14-29-21)11-16(18)13-25-9-7-17-5-6-22(27)26(17)10-8-15-3-1-2-4-19(15)24/h1-4,11-12,17,25H,5-10,13-14H2/t17-/m0/s1. The van der Waals surface area contributed by atoms with E-state index in [1.807, 2.05) is 17.0 Å². The minimum absolute atomic E-state index is 0.158. The third-order valence-corrected chi connectivity index (χ3v) is 5.90. The number of halogens is 2. The van der Waals surface area contributed by atoms with Crippen molar-refractivity contribution < 1.29 is 18.7 Å². The van der Waals surface area contributed by atoms with Crippen LogP contribution in [0.15, 0.2) is 36.4 Å². The lowest BCUT2D eigenvalue weighted by atomic mass is 10.1. The number of carbonyl (C=O) groups is 1. The Morgan fingerprint density at radius 3 is 2.79 bits per heavy atom. The van der Waals surface area contributed by atoms with Crippen LogP contribution < -0.4 is 14.8 Å². The molecule has 0 saturated carbocycles. The number of benzene rings is 2. The third-order valence-electron chi connectivity index (χ3n) is 5.54. The molecule has 4 rings (SSSR count). The Balaban J connectivity index is 1.26. The van der Waals surface area contributed by atoms with Crippen LogP contribution in [-0.4, -0.2) is 36.7 Å². The molecule has 2 aliphatic heterocycles. The molecule has 0 radical (unpaired) electrons. The highest BCUT2D eigenvalue weighted by molar-refractivity contribution is 6.31. The molecular weight excluding hydrogens is 395 g/mol. The van der Waals surface area contributed by atoms with Crippen molar-refractivity contribution in [1.29, 1.82) is 0 Å². The van der Waals surface area contributed by atoms with Crippen molar-refractivity contribution in [2.24, 2.45) is 0 Å². The average molecular weight is 419 g/mol. The van der Waals surface area contributed by atoms with E-state index in [2.05, 4.69) is 5.32 Å². The fraction of sp³-hybridized carbons (Fsp3) is 0.409. The monoisotopic (exact) mass is 418 g/mol. The van der Waals surface area contributed by atoms with Crippen LogP contribution in [0.1, 0.15) is 30.4 Å². The van der Waals surface area contributed by atoms with Gasteiger partial charge in [-0.2, -0.15) is 0 Å². The Morgan fingerprint density at radius 1 is 1.17 bits per heavy atom. The second-order valence-corrected chi connectivity index (χ2v) is 7.79. The molecule has 1 atom stereocenters. The highest BCUT2D eigenvalue weighted by Crippen LogP contribution is 2.36. The van der Waals surface area contributed by atoms with Crippen LogP contribution in [0.5, 0.6) is 11.5 Å². The SMILES string of the molecule is O=C1CC[C@@H](CCNCc2cc3c(cc2Cl)OCO3)N1CCc1ccccc1F. The Kier molecular flexibility index (Phi) is 6.21. The normalized spacial score (nSPS) is 17.9. The molecule has 0 spiro atoms. The van der Waals surface area contributed by atoms with Crippen LogP contribution in [0.2, 0.25) is 5.02 Å². The lowest BCUT2D eigenvalue weighted by molar-refractivity contribution is -0.129. The molecule has 2 aliphatic rings. The van der Waals surface area contributed by atoms with E-state index in [9.17, 15) is 9.18 Å². The first-order valence-electron chi connectivity index (χ1n) is 9.93. The molecule has 2 aromatic carbocycles. The molecule has 5 nitrogen and oxygen atoms in total. The predicted octanol–water partition coefficient (Wildman–Crippen LogP) is 3.92. The van der Waals surface area contributed by atoms with E-state index >= 15 is 0 Å². The summed E-state index contributed by atoms with van der Waals surface area (Å²) in [6.07, 6.45) is 2.80. The van der Waals surface area contributed by atoms with Crippen LogP contribution in [0.3, 0.4) is 0 Å². The van der Waals surface area contributed by atoms with Crippen LogP contribution in [0.25, 0.3) is 0 Å². The summed E-state index contributed by atoms with van der Waals surface area (Å²) in [5, 5.41) is 4.04. The summed E-state index contributed by atoms with van der Waals surface area (Å²) >= 11 is 6.31. The number of rotatable bonds is 8. The van der Waals surface area contributed by atoms with E-state index in [-0.39, 0.29) is 24.6 Å². The number of likely N-dealkylation sites (tertiary alicyclic amines) is 1. The second-order valence-electron chi connectivity index (χ2n) is 7.38. The van der Waals surface area contributed by atoms with Crippen LogP contribution >= 0.6 is 11.6 Å². The molecule has 154 valence electrons. The van der Waals surface area contributed by atoms with E-state index in [0.717, 1.165) is 24.9 Å². The second kappa shape index (κ2) is 9.01. The van der Waals surface area contributed by atoms with Crippen molar-refractivity contribution in [3.8, 4) is 11.5 Å². The summed E-state index contributed by atoms with van der Waals surface area (Å²) in [5.74, 6) is 1.34. The fourth-order valence-corrected chi connectivity index (χ4v) is 4.15. The summed E-state index contributed by atoms with van der Waals surface area (Å²) in [4.78, 5) is 14.2. The summed E-state index contributed by atoms with van der Waals surface area (Å²) < 4.78 is 24.6. The molecular formula is C22H24ClFN2O3. The van der Waals surface area contributed by atoms with Gasteiger partial charge in [0.1, 0.15) is 5.82 Å². The lowest BCUT2D eigenvalue weighted by Crippen LogP contribution is -2.36. The molecule has 2 heterocycles. The third kappa shape index (κ3) is 4.65. The number of amides is 1. The molecule has 0 unspecified atom stereocenters. The summed E-state index contributed by atoms with van der Waals surface area (Å²) in [7, 11) is 0. The molecule has 7 heteroatoms. The average Bonchev–Trinajstić information content (AvgIpc) is 3.30. The zero-order valence-electron chi connectivity index (χ0n) is 16.1. The van der Waals surface area contributed by atoms with E-state index in [4.69, 9.17) is 21.1 Å². The molecule has 1 amide bonds. The first kappa shape index (κ1) is 20.0. The first-order valence-corrected chi connectivity index (χ1v) is 10.3. The van der Waals surface area contributed by atoms with Crippen molar-refractivity contribution in [3.63, 3.8) is 0 Å². The zero-order valence-corrected chi connectivity index (χ0v) is 16.9. The van der Waals surface area contributed by atoms with Gasteiger partial charge in [0.2, 0.25) is 12.7 Å². The van der Waals surface area contributed by atoms with E-state index in [1.54, 1.807) is 18.2 Å². The van der Waals surface area contributed by atoms with Crippen molar-refractivity contribution in [3.05, 3.63) is 58.4 Å². The number of nitrogens with zero attached hydrogens (tertiary/aromatic N) is 1. The van der Waals surface area contributed by atoms with Crippen LogP contribution in [0, 0.1) is 5.82 Å². The number of hydrogen-bond donors (Lipinski definition) is 1. The fourth-order valence-electron chi connectivity index (χ4n) is 3.93. The largest absolute Gasteiger partial charge is 0.454 e. The zero-order chi connectivity index (χ0) is 20.2. The Morgan fingerprint density at radius 2 is 1.97 bits per heavy atom. The first-order chi connectivity index (χ1) is 14.1. The van der Waals surface area contributed by atoms with Gasteiger partial charge in [0.15, 0.2) is 11.5 Å². The summed E-state index contributed by atoms with van der Waals surface area (Å²) in [6.45, 7) is 2.16. The number of ether oxygens (including phenoxy) is 2. The van der Waals surface area contributed by atoms with E-state index < -0.39 is 0 Å². The van der Waals surface area contributed by atoms with Gasteiger partial charge in [-0.1, -0.05) is 29.8 Å². The van der Waals surface area contributed by atoms with Gasteiger partial charge in [0.05, 0.1) is 0 Å². The van der Waals surface area contributed by atoms with Crippen LogP contribution in [0.4, 0.5) is 4.39 Å². The van der Waals surface area contributed by atoms with Crippen molar-refractivity contribution in [2.75, 3.05) is 19.9 Å². The predicted molar refractivity (Wildman–Crippen MR) is 109 cm³/mol. The molecule has 0 bridgehead atoms. The van der Waals surface area contributed by atoms with Crippen LogP contribution in [-0.2, 0) is 17.8 Å². The summed E-state index contributed by atoms with van der Waals surface area (Å²) in [6, 6.07) is 10.6. The molecule has 29 heavy (non-hydrogen) atoms. The number of nitrogens with one attached hydrogen (secondary N) is 1. The Bertz CT molecular complexity index is 892. The summed E-state index contributed by atoms with van der Waals surface area (Å²) in [5.41, 5.74) is 1.61. The molecule has 1 N–H and O–H groups in total. The highest BCUT2D eigenvalue weighted by Gasteiger charge is 2.30. The minimum Gasteiger partial charge on any atom is -0.454 e. The van der Waals surface area contributed by atoms with Gasteiger partial charge in [-0.3, -0.25) is 4.79 Å². The van der Waals surface area contributed by atoms with E-state index in [1.165, 1.54) is 6.07 Å². The maximum Gasteiger partial charge on any atom is 0.231 e. The van der Waals surface area contributed by atoms with Gasteiger partial charge in [0, 0.05) is 36.6 Å². The molecule has 0 aliphatic carbocycles. The van der Waals surface area contributed by atoms with Gasteiger partial charge in [0.25, 0.3) is 0 Å². The highest BCUT2D eigenvalue weighted by atomic mass is 35.5. The van der Waals surface area contributed by atoms with Gasteiger partial charge in [-0.05, 0) is 49.1 Å². The maximum atomic E-state index is 13.8. The van der Waals surface area contributed by atoms with Crippen molar-refractivity contribution >= 4 is 17.5 Å². The molecule has 2 aromatic rings. The number of fused-ring (bicyclic) bond motifs is 1. The van der Waals surface area contributed by atoms with Crippen molar-refractivity contribution in [2.45, 2.75) is 38.3 Å². The van der Waals surface area contributed by atoms with Gasteiger partial charge in [-0.25, -0.2) is 4.39 Å². The Hall–Kier alpha value is -2.31. The van der Waals surface area contributed by atoms with Gasteiger partial charge >= 0.3 is 0 Å². The molecule has 1 fully saturated rings.